The van der Waals surface area contributed by atoms with Gasteiger partial charge in [-0.25, -0.2) is 0 Å². The van der Waals surface area contributed by atoms with Crippen LogP contribution in [0.5, 0.6) is 0 Å². The highest BCUT2D eigenvalue weighted by atomic mass is 35.5. The van der Waals surface area contributed by atoms with Crippen LogP contribution in [0, 0.1) is 0 Å². The number of carbonyl (C=O) groups is 1. The molecule has 0 radical (unpaired) electrons. The van der Waals surface area contributed by atoms with Crippen LogP contribution in [0.1, 0.15) is 42.2 Å². The van der Waals surface area contributed by atoms with Gasteiger partial charge in [-0.15, -0.1) is 11.6 Å². The molecule has 1 aliphatic rings. The summed E-state index contributed by atoms with van der Waals surface area (Å²) >= 11 is 5.69. The lowest BCUT2D eigenvalue weighted by Gasteiger charge is -2.19. The van der Waals surface area contributed by atoms with Crippen LogP contribution in [0.15, 0.2) is 17.4 Å². The molecule has 0 spiro atoms. The van der Waals surface area contributed by atoms with E-state index in [1.54, 1.807) is 4.90 Å². The quantitative estimate of drug-likeness (QED) is 0.393. The van der Waals surface area contributed by atoms with Gasteiger partial charge in [0, 0.05) is 43.7 Å². The molecule has 110 valence electrons. The van der Waals surface area contributed by atoms with Gasteiger partial charge < -0.3 is 14.7 Å². The van der Waals surface area contributed by atoms with Gasteiger partial charge in [-0.3, -0.25) is 4.79 Å². The number of unbranched alkanes of at least 4 members (excludes halogenated alkanes) is 1. The summed E-state index contributed by atoms with van der Waals surface area (Å²) in [5.41, 5.74) is 1.96. The Morgan fingerprint density at radius 3 is 2.90 bits per heavy atom. The molecule has 0 saturated heterocycles. The molecular formula is C14H20ClN3O2. The molecule has 0 bridgehead atoms. The average molecular weight is 298 g/mol. The Morgan fingerprint density at radius 1 is 1.45 bits per heavy atom. The summed E-state index contributed by atoms with van der Waals surface area (Å²) in [4.78, 5) is 14.4. The van der Waals surface area contributed by atoms with Crippen LogP contribution in [0.4, 0.5) is 0 Å². The van der Waals surface area contributed by atoms with E-state index in [-0.39, 0.29) is 5.91 Å². The van der Waals surface area contributed by atoms with Crippen molar-refractivity contribution < 1.29 is 10.0 Å². The van der Waals surface area contributed by atoms with E-state index >= 15 is 0 Å². The van der Waals surface area contributed by atoms with Crippen LogP contribution >= 0.6 is 11.6 Å². The van der Waals surface area contributed by atoms with Gasteiger partial charge in [0.15, 0.2) is 0 Å². The molecule has 1 amide bonds. The SMILES string of the molecule is CCN1CC/C(=N\O)c2ccn(CCCCCl)c2C1=O. The van der Waals surface area contributed by atoms with E-state index in [0.717, 1.165) is 24.9 Å². The molecule has 2 heterocycles. The molecule has 0 aromatic carbocycles. The van der Waals surface area contributed by atoms with Crippen molar-refractivity contribution in [1.82, 2.24) is 9.47 Å². The minimum absolute atomic E-state index is 0.0111. The number of rotatable bonds is 5. The molecule has 0 saturated carbocycles. The maximum atomic E-state index is 12.6. The first-order valence-electron chi connectivity index (χ1n) is 6.98. The fourth-order valence-electron chi connectivity index (χ4n) is 2.54. The zero-order chi connectivity index (χ0) is 14.5. The summed E-state index contributed by atoms with van der Waals surface area (Å²) in [6.07, 6.45) is 4.31. The van der Waals surface area contributed by atoms with Gasteiger partial charge in [0.2, 0.25) is 0 Å². The predicted octanol–water partition coefficient (Wildman–Crippen LogP) is 2.55. The summed E-state index contributed by atoms with van der Waals surface area (Å²) < 4.78 is 1.95. The van der Waals surface area contributed by atoms with Crippen LogP contribution in [0.3, 0.4) is 0 Å². The monoisotopic (exact) mass is 297 g/mol. The van der Waals surface area contributed by atoms with E-state index < -0.39 is 0 Å². The fraction of sp³-hybridized carbons (Fsp3) is 0.571. The largest absolute Gasteiger partial charge is 0.411 e. The van der Waals surface area contributed by atoms with Gasteiger partial charge in [-0.05, 0) is 25.8 Å². The third-order valence-corrected chi connectivity index (χ3v) is 3.94. The highest BCUT2D eigenvalue weighted by Gasteiger charge is 2.28. The number of oxime groups is 1. The number of hydrogen-bond donors (Lipinski definition) is 1. The van der Waals surface area contributed by atoms with Crippen molar-refractivity contribution in [2.45, 2.75) is 32.7 Å². The van der Waals surface area contributed by atoms with Crippen molar-refractivity contribution in [1.29, 1.82) is 0 Å². The topological polar surface area (TPSA) is 57.8 Å². The van der Waals surface area contributed by atoms with Crippen LogP contribution in [-0.4, -0.2) is 45.3 Å². The third-order valence-electron chi connectivity index (χ3n) is 3.67. The van der Waals surface area contributed by atoms with Crippen molar-refractivity contribution in [3.05, 3.63) is 23.5 Å². The molecule has 0 atom stereocenters. The molecule has 1 aliphatic heterocycles. The lowest BCUT2D eigenvalue weighted by molar-refractivity contribution is 0.0761. The molecule has 6 heteroatoms. The molecule has 20 heavy (non-hydrogen) atoms. The third kappa shape index (κ3) is 2.82. The minimum Gasteiger partial charge on any atom is -0.411 e. The highest BCUT2D eigenvalue weighted by molar-refractivity contribution is 6.17. The Bertz CT molecular complexity index is 511. The Balaban J connectivity index is 2.35. The fourth-order valence-corrected chi connectivity index (χ4v) is 2.73. The van der Waals surface area contributed by atoms with Crippen LogP contribution < -0.4 is 0 Å². The predicted molar refractivity (Wildman–Crippen MR) is 78.9 cm³/mol. The molecular weight excluding hydrogens is 278 g/mol. The molecule has 1 aromatic rings. The first kappa shape index (κ1) is 14.9. The van der Waals surface area contributed by atoms with Crippen LogP contribution in [-0.2, 0) is 6.54 Å². The maximum Gasteiger partial charge on any atom is 0.271 e. The number of alkyl halides is 1. The highest BCUT2D eigenvalue weighted by Crippen LogP contribution is 2.21. The number of carbonyl (C=O) groups excluding carboxylic acids is 1. The van der Waals surface area contributed by atoms with Gasteiger partial charge in [0.25, 0.3) is 5.91 Å². The first-order chi connectivity index (χ1) is 9.72. The number of aryl methyl sites for hydroxylation is 1. The molecule has 0 fully saturated rings. The Morgan fingerprint density at radius 2 is 2.25 bits per heavy atom. The second-order valence-electron chi connectivity index (χ2n) is 4.85. The van der Waals surface area contributed by atoms with Crippen molar-refractivity contribution in [3.63, 3.8) is 0 Å². The Hall–Kier alpha value is -1.49. The number of aromatic nitrogens is 1. The molecule has 1 aromatic heterocycles. The first-order valence-corrected chi connectivity index (χ1v) is 7.52. The maximum absolute atomic E-state index is 12.6. The zero-order valence-corrected chi connectivity index (χ0v) is 12.4. The van der Waals surface area contributed by atoms with E-state index in [4.69, 9.17) is 16.8 Å². The van der Waals surface area contributed by atoms with E-state index in [0.29, 0.717) is 36.8 Å². The van der Waals surface area contributed by atoms with Crippen molar-refractivity contribution >= 4 is 23.2 Å². The van der Waals surface area contributed by atoms with Gasteiger partial charge in [-0.2, -0.15) is 0 Å². The molecule has 0 aliphatic carbocycles. The summed E-state index contributed by atoms with van der Waals surface area (Å²) in [5.74, 6) is 0.638. The zero-order valence-electron chi connectivity index (χ0n) is 11.7. The molecule has 5 nitrogen and oxygen atoms in total. The normalized spacial score (nSPS) is 17.4. The smallest absolute Gasteiger partial charge is 0.271 e. The second kappa shape index (κ2) is 6.79. The van der Waals surface area contributed by atoms with Crippen LogP contribution in [0.2, 0.25) is 0 Å². The Labute approximate surface area is 123 Å². The number of fused-ring (bicyclic) bond motifs is 1. The number of halogens is 1. The van der Waals surface area contributed by atoms with E-state index in [2.05, 4.69) is 5.16 Å². The van der Waals surface area contributed by atoms with Crippen LogP contribution in [0.25, 0.3) is 0 Å². The second-order valence-corrected chi connectivity index (χ2v) is 5.23. The lowest BCUT2D eigenvalue weighted by atomic mass is 10.1. The van der Waals surface area contributed by atoms with Gasteiger partial charge >= 0.3 is 0 Å². The van der Waals surface area contributed by atoms with Gasteiger partial charge in [-0.1, -0.05) is 5.16 Å². The number of hydrogen-bond acceptors (Lipinski definition) is 3. The summed E-state index contributed by atoms with van der Waals surface area (Å²) in [6.45, 7) is 3.96. The summed E-state index contributed by atoms with van der Waals surface area (Å²) in [6, 6.07) is 1.86. The Kier molecular flexibility index (Phi) is 5.06. The van der Waals surface area contributed by atoms with Crippen molar-refractivity contribution in [3.8, 4) is 0 Å². The van der Waals surface area contributed by atoms with Crippen molar-refractivity contribution in [2.24, 2.45) is 5.16 Å². The van der Waals surface area contributed by atoms with E-state index in [1.807, 2.05) is 23.8 Å². The van der Waals surface area contributed by atoms with E-state index in [9.17, 15) is 4.79 Å². The standard InChI is InChI=1S/C14H20ClN3O2/c1-2-17-10-6-12(16-20)11-5-9-18(8-4-3-7-15)13(11)14(17)19/h5,9,20H,2-4,6-8,10H2,1H3/b16-12+. The number of amides is 1. The minimum atomic E-state index is 0.0111. The van der Waals surface area contributed by atoms with Gasteiger partial charge in [0.1, 0.15) is 5.69 Å². The summed E-state index contributed by atoms with van der Waals surface area (Å²) in [5, 5.41) is 12.5. The average Bonchev–Trinajstić information content (AvgIpc) is 2.81. The molecule has 0 unspecified atom stereocenters. The van der Waals surface area contributed by atoms with Gasteiger partial charge in [0.05, 0.1) is 5.71 Å². The van der Waals surface area contributed by atoms with E-state index in [1.165, 1.54) is 0 Å². The van der Waals surface area contributed by atoms with Crippen molar-refractivity contribution in [2.75, 3.05) is 19.0 Å². The molecule has 1 N–H and O–H groups in total. The summed E-state index contributed by atoms with van der Waals surface area (Å²) in [7, 11) is 0. The lowest BCUT2D eigenvalue weighted by Crippen LogP contribution is -2.32. The number of nitrogens with zero attached hydrogens (tertiary/aromatic N) is 3. The molecule has 2 rings (SSSR count).